The minimum Gasteiger partial charge on any atom is -0.319 e. The molecule has 0 radical (unpaired) electrons. The van der Waals surface area contributed by atoms with Crippen molar-refractivity contribution in [3.05, 3.63) is 38.3 Å². The third-order valence-electron chi connectivity index (χ3n) is 2.53. The Hall–Kier alpha value is -1.19. The third-order valence-corrected chi connectivity index (χ3v) is 4.95. The van der Waals surface area contributed by atoms with Gasteiger partial charge in [-0.3, -0.25) is 4.79 Å². The minimum atomic E-state index is -3.93. The Kier molecular flexibility index (Phi) is 4.54. The number of aromatic nitrogens is 1. The van der Waals surface area contributed by atoms with Crippen molar-refractivity contribution in [3.8, 4) is 0 Å². The Labute approximate surface area is 134 Å². The molecule has 112 valence electrons. The van der Waals surface area contributed by atoms with Crippen LogP contribution in [0.25, 0.3) is 0 Å². The van der Waals surface area contributed by atoms with Crippen LogP contribution in [-0.4, -0.2) is 19.3 Å². The van der Waals surface area contributed by atoms with E-state index in [2.05, 4.69) is 10.3 Å². The average Bonchev–Trinajstić information content (AvgIpc) is 2.78. The number of amides is 1. The first-order valence-electron chi connectivity index (χ1n) is 5.43. The van der Waals surface area contributed by atoms with Crippen molar-refractivity contribution in [2.24, 2.45) is 5.14 Å². The van der Waals surface area contributed by atoms with Gasteiger partial charge >= 0.3 is 0 Å². The summed E-state index contributed by atoms with van der Waals surface area (Å²) >= 11 is 13.1. The number of rotatable bonds is 3. The van der Waals surface area contributed by atoms with Gasteiger partial charge < -0.3 is 5.32 Å². The number of primary sulfonamides is 1. The fourth-order valence-electron chi connectivity index (χ4n) is 1.52. The summed E-state index contributed by atoms with van der Waals surface area (Å²) in [4.78, 5) is 16.2. The van der Waals surface area contributed by atoms with Crippen LogP contribution in [0.4, 0.5) is 5.69 Å². The lowest BCUT2D eigenvalue weighted by Gasteiger charge is -2.10. The molecular formula is C11H9Cl2N3O3S2. The van der Waals surface area contributed by atoms with Crippen LogP contribution < -0.4 is 10.5 Å². The highest BCUT2D eigenvalue weighted by molar-refractivity contribution is 7.89. The number of nitrogens with one attached hydrogen (secondary N) is 1. The molecule has 0 fully saturated rings. The van der Waals surface area contributed by atoms with Crippen LogP contribution in [0.5, 0.6) is 0 Å². The van der Waals surface area contributed by atoms with Gasteiger partial charge in [0.25, 0.3) is 5.91 Å². The van der Waals surface area contributed by atoms with E-state index in [-0.39, 0.29) is 20.6 Å². The van der Waals surface area contributed by atoms with Crippen molar-refractivity contribution in [3.63, 3.8) is 0 Å². The molecule has 3 N–H and O–H groups in total. The summed E-state index contributed by atoms with van der Waals surface area (Å²) in [6, 6.07) is 2.25. The molecule has 1 amide bonds. The lowest BCUT2D eigenvalue weighted by molar-refractivity contribution is 0.103. The summed E-state index contributed by atoms with van der Waals surface area (Å²) in [6.45, 7) is 1.69. The van der Waals surface area contributed by atoms with Crippen LogP contribution in [-0.2, 0) is 10.0 Å². The van der Waals surface area contributed by atoms with E-state index in [1.807, 2.05) is 0 Å². The number of hydrogen-bond acceptors (Lipinski definition) is 5. The molecule has 0 unspecified atom stereocenters. The van der Waals surface area contributed by atoms with Crippen molar-refractivity contribution in [1.82, 2.24) is 4.98 Å². The van der Waals surface area contributed by atoms with Gasteiger partial charge in [-0.15, -0.1) is 11.3 Å². The summed E-state index contributed by atoms with van der Waals surface area (Å²) < 4.78 is 22.5. The van der Waals surface area contributed by atoms with Gasteiger partial charge in [-0.25, -0.2) is 18.5 Å². The summed E-state index contributed by atoms with van der Waals surface area (Å²) in [7, 11) is -3.93. The lowest BCUT2D eigenvalue weighted by atomic mass is 10.3. The zero-order valence-corrected chi connectivity index (χ0v) is 13.7. The zero-order chi connectivity index (χ0) is 15.8. The van der Waals surface area contributed by atoms with E-state index in [1.54, 1.807) is 6.92 Å². The number of nitrogens with zero attached hydrogens (tertiary/aromatic N) is 1. The second-order valence-corrected chi connectivity index (χ2v) is 7.26. The topological polar surface area (TPSA) is 102 Å². The molecule has 0 aliphatic carbocycles. The number of halogens is 2. The molecule has 21 heavy (non-hydrogen) atoms. The van der Waals surface area contributed by atoms with Crippen LogP contribution in [0, 0.1) is 6.92 Å². The Morgan fingerprint density at radius 2 is 1.90 bits per heavy atom. The number of carbonyl (C=O) groups excluding carboxylic acids is 1. The highest BCUT2D eigenvalue weighted by Crippen LogP contribution is 2.33. The fraction of sp³-hybridized carbons (Fsp3) is 0.0909. The first-order valence-corrected chi connectivity index (χ1v) is 8.61. The number of sulfonamides is 1. The van der Waals surface area contributed by atoms with Crippen molar-refractivity contribution in [1.29, 1.82) is 0 Å². The second kappa shape index (κ2) is 5.90. The molecule has 0 saturated heterocycles. The van der Waals surface area contributed by atoms with E-state index in [0.717, 1.165) is 12.1 Å². The lowest BCUT2D eigenvalue weighted by Crippen LogP contribution is -2.15. The predicted octanol–water partition coefficient (Wildman–Crippen LogP) is 2.66. The van der Waals surface area contributed by atoms with Crippen LogP contribution in [0.15, 0.2) is 22.5 Å². The molecule has 0 atom stereocenters. The van der Waals surface area contributed by atoms with Crippen LogP contribution in [0.1, 0.15) is 15.4 Å². The van der Waals surface area contributed by atoms with E-state index < -0.39 is 15.9 Å². The van der Waals surface area contributed by atoms with Crippen molar-refractivity contribution in [2.75, 3.05) is 5.32 Å². The van der Waals surface area contributed by atoms with Crippen molar-refractivity contribution >= 4 is 56.2 Å². The quantitative estimate of drug-likeness (QED) is 0.872. The molecule has 10 heteroatoms. The zero-order valence-electron chi connectivity index (χ0n) is 10.6. The molecule has 1 aromatic carbocycles. The van der Waals surface area contributed by atoms with Crippen molar-refractivity contribution < 1.29 is 13.2 Å². The fourth-order valence-corrected chi connectivity index (χ4v) is 3.50. The number of carbonyl (C=O) groups is 1. The van der Waals surface area contributed by atoms with Gasteiger partial charge in [0.05, 0.1) is 31.8 Å². The molecule has 0 bridgehead atoms. The maximum Gasteiger partial charge on any atom is 0.267 e. The monoisotopic (exact) mass is 365 g/mol. The van der Waals surface area contributed by atoms with Crippen LogP contribution >= 0.6 is 34.5 Å². The summed E-state index contributed by atoms with van der Waals surface area (Å²) in [5, 5.41) is 7.48. The number of anilines is 1. The summed E-state index contributed by atoms with van der Waals surface area (Å²) in [5.41, 5.74) is 2.23. The minimum absolute atomic E-state index is 0.0259. The van der Waals surface area contributed by atoms with E-state index >= 15 is 0 Å². The molecule has 2 rings (SSSR count). The maximum absolute atomic E-state index is 12.1. The largest absolute Gasteiger partial charge is 0.319 e. The molecule has 0 aliphatic heterocycles. The van der Waals surface area contributed by atoms with Gasteiger partial charge in [-0.1, -0.05) is 23.2 Å². The van der Waals surface area contributed by atoms with Gasteiger partial charge in [0, 0.05) is 0 Å². The predicted molar refractivity (Wildman–Crippen MR) is 82.6 cm³/mol. The van der Waals surface area contributed by atoms with Gasteiger partial charge in [0.2, 0.25) is 10.0 Å². The molecule has 6 nitrogen and oxygen atoms in total. The first-order chi connectivity index (χ1) is 9.70. The molecule has 1 aromatic heterocycles. The van der Waals surface area contributed by atoms with Gasteiger partial charge in [0.15, 0.2) is 0 Å². The van der Waals surface area contributed by atoms with E-state index in [0.29, 0.717) is 10.6 Å². The highest BCUT2D eigenvalue weighted by atomic mass is 35.5. The Morgan fingerprint density at radius 3 is 2.33 bits per heavy atom. The highest BCUT2D eigenvalue weighted by Gasteiger charge is 2.18. The Balaban J connectivity index is 2.38. The van der Waals surface area contributed by atoms with Crippen LogP contribution in [0.3, 0.4) is 0 Å². The molecule has 2 aromatic rings. The van der Waals surface area contributed by atoms with Crippen LogP contribution in [0.2, 0.25) is 10.0 Å². The molecule has 0 aliphatic rings. The third kappa shape index (κ3) is 3.53. The van der Waals surface area contributed by atoms with E-state index in [1.165, 1.54) is 16.8 Å². The maximum atomic E-state index is 12.1. The standard InChI is InChI=1S/C11H9Cl2N3O3S2/c1-5-10(20-4-15-5)11(17)16-9-7(12)2-6(3-8(9)13)21(14,18)19/h2-4H,1H3,(H,16,17)(H2,14,18,19). The molecule has 0 saturated carbocycles. The molecule has 0 spiro atoms. The van der Waals surface area contributed by atoms with Crippen molar-refractivity contribution in [2.45, 2.75) is 11.8 Å². The second-order valence-electron chi connectivity index (χ2n) is 4.03. The number of benzene rings is 1. The van der Waals surface area contributed by atoms with E-state index in [9.17, 15) is 13.2 Å². The van der Waals surface area contributed by atoms with Gasteiger partial charge in [-0.05, 0) is 19.1 Å². The Morgan fingerprint density at radius 1 is 1.33 bits per heavy atom. The number of aryl methyl sites for hydroxylation is 1. The number of hydrogen-bond donors (Lipinski definition) is 2. The SMILES string of the molecule is Cc1ncsc1C(=O)Nc1c(Cl)cc(S(N)(=O)=O)cc1Cl. The van der Waals surface area contributed by atoms with E-state index in [4.69, 9.17) is 28.3 Å². The number of thiazole rings is 1. The summed E-state index contributed by atoms with van der Waals surface area (Å²) in [6.07, 6.45) is 0. The average molecular weight is 366 g/mol. The molecular weight excluding hydrogens is 357 g/mol. The normalized spacial score (nSPS) is 11.4. The first kappa shape index (κ1) is 16.2. The smallest absolute Gasteiger partial charge is 0.267 e. The van der Waals surface area contributed by atoms with Gasteiger partial charge in [-0.2, -0.15) is 0 Å². The Bertz CT molecular complexity index is 795. The summed E-state index contributed by atoms with van der Waals surface area (Å²) in [5.74, 6) is -0.429. The number of nitrogens with two attached hydrogens (primary N) is 1. The molecule has 1 heterocycles. The van der Waals surface area contributed by atoms with Gasteiger partial charge in [0.1, 0.15) is 4.88 Å².